The summed E-state index contributed by atoms with van der Waals surface area (Å²) in [5.74, 6) is 0.789. The molecule has 0 N–H and O–H groups in total. The summed E-state index contributed by atoms with van der Waals surface area (Å²) in [6, 6.07) is 0. The van der Waals surface area contributed by atoms with E-state index in [1.54, 1.807) is 0 Å². The van der Waals surface area contributed by atoms with E-state index in [2.05, 4.69) is 17.0 Å². The van der Waals surface area contributed by atoms with Crippen molar-refractivity contribution in [2.75, 3.05) is 26.2 Å². The van der Waals surface area contributed by atoms with E-state index in [4.69, 9.17) is 4.84 Å². The van der Waals surface area contributed by atoms with Crippen LogP contribution in [0.25, 0.3) is 0 Å². The average molecular weight is 252 g/mol. The van der Waals surface area contributed by atoms with Crippen LogP contribution in [0.4, 0.5) is 0 Å². The van der Waals surface area contributed by atoms with Crippen molar-refractivity contribution in [1.29, 1.82) is 0 Å². The van der Waals surface area contributed by atoms with E-state index in [9.17, 15) is 0 Å². The van der Waals surface area contributed by atoms with E-state index in [1.807, 2.05) is 0 Å². The van der Waals surface area contributed by atoms with Gasteiger partial charge in [-0.15, -0.1) is 0 Å². The van der Waals surface area contributed by atoms with Gasteiger partial charge in [0, 0.05) is 6.54 Å². The third-order valence-electron chi connectivity index (χ3n) is 4.14. The van der Waals surface area contributed by atoms with Crippen LogP contribution in [0, 0.1) is 5.92 Å². The largest absolute Gasteiger partial charge is 0.394 e. The van der Waals surface area contributed by atoms with E-state index in [0.29, 0.717) is 0 Å². The molecule has 1 saturated carbocycles. The Morgan fingerprint density at radius 1 is 1.17 bits per heavy atom. The summed E-state index contributed by atoms with van der Waals surface area (Å²) < 4.78 is 0. The zero-order valence-corrected chi connectivity index (χ0v) is 11.9. The van der Waals surface area contributed by atoms with Crippen molar-refractivity contribution in [2.24, 2.45) is 11.1 Å². The number of hydrogen-bond acceptors (Lipinski definition) is 3. The van der Waals surface area contributed by atoms with Crippen LogP contribution in [0.2, 0.25) is 0 Å². The SMILES string of the molecule is CC1CCCC/C(=N\OCCN2CCCCC2)C1. The van der Waals surface area contributed by atoms with E-state index < -0.39 is 0 Å². The minimum Gasteiger partial charge on any atom is -0.394 e. The lowest BCUT2D eigenvalue weighted by Gasteiger charge is -2.25. The summed E-state index contributed by atoms with van der Waals surface area (Å²) in [5, 5.41) is 4.37. The molecule has 0 aromatic rings. The Morgan fingerprint density at radius 3 is 2.83 bits per heavy atom. The quantitative estimate of drug-likeness (QED) is 0.435. The van der Waals surface area contributed by atoms with Crippen LogP contribution in [0.5, 0.6) is 0 Å². The van der Waals surface area contributed by atoms with Gasteiger partial charge in [0.15, 0.2) is 0 Å². The highest BCUT2D eigenvalue weighted by atomic mass is 16.6. The minimum atomic E-state index is 0.762. The molecule has 0 radical (unpaired) electrons. The molecule has 1 heterocycles. The van der Waals surface area contributed by atoms with Gasteiger partial charge in [-0.2, -0.15) is 0 Å². The summed E-state index contributed by atoms with van der Waals surface area (Å²) in [6.07, 6.45) is 10.4. The molecule has 0 aromatic heterocycles. The number of nitrogens with zero attached hydrogens (tertiary/aromatic N) is 2. The molecule has 3 heteroatoms. The highest BCUT2D eigenvalue weighted by Crippen LogP contribution is 2.20. The van der Waals surface area contributed by atoms with Crippen molar-refractivity contribution >= 4 is 5.71 Å². The summed E-state index contributed by atoms with van der Waals surface area (Å²) >= 11 is 0. The number of rotatable bonds is 4. The molecule has 0 bridgehead atoms. The number of hydrogen-bond donors (Lipinski definition) is 0. The van der Waals surface area contributed by atoms with Gasteiger partial charge in [0.2, 0.25) is 0 Å². The predicted octanol–water partition coefficient (Wildman–Crippen LogP) is 3.45. The van der Waals surface area contributed by atoms with Crippen molar-refractivity contribution in [1.82, 2.24) is 4.90 Å². The highest BCUT2D eigenvalue weighted by Gasteiger charge is 2.13. The average Bonchev–Trinajstić information content (AvgIpc) is 2.60. The Hall–Kier alpha value is -0.570. The predicted molar refractivity (Wildman–Crippen MR) is 75.9 cm³/mol. The fourth-order valence-electron chi connectivity index (χ4n) is 3.00. The maximum atomic E-state index is 5.53. The van der Waals surface area contributed by atoms with Crippen LogP contribution >= 0.6 is 0 Å². The van der Waals surface area contributed by atoms with Crippen LogP contribution < -0.4 is 0 Å². The van der Waals surface area contributed by atoms with E-state index in [1.165, 1.54) is 57.3 Å². The second-order valence-electron chi connectivity index (χ2n) is 5.95. The fraction of sp³-hybridized carbons (Fsp3) is 0.933. The van der Waals surface area contributed by atoms with Crippen molar-refractivity contribution in [3.05, 3.63) is 0 Å². The Morgan fingerprint density at radius 2 is 2.00 bits per heavy atom. The summed E-state index contributed by atoms with van der Waals surface area (Å²) in [6.45, 7) is 6.63. The molecule has 3 nitrogen and oxygen atoms in total. The summed E-state index contributed by atoms with van der Waals surface area (Å²) in [4.78, 5) is 8.03. The maximum absolute atomic E-state index is 5.53. The monoisotopic (exact) mass is 252 g/mol. The summed E-state index contributed by atoms with van der Waals surface area (Å²) in [5.41, 5.74) is 1.29. The molecule has 1 aliphatic heterocycles. The first kappa shape index (κ1) is 13.9. The van der Waals surface area contributed by atoms with Crippen molar-refractivity contribution in [3.8, 4) is 0 Å². The van der Waals surface area contributed by atoms with Crippen molar-refractivity contribution < 1.29 is 4.84 Å². The molecule has 2 aliphatic rings. The third kappa shape index (κ3) is 4.97. The molecule has 1 saturated heterocycles. The van der Waals surface area contributed by atoms with Crippen molar-refractivity contribution in [3.63, 3.8) is 0 Å². The van der Waals surface area contributed by atoms with E-state index in [0.717, 1.165) is 31.9 Å². The molecule has 18 heavy (non-hydrogen) atoms. The molecular formula is C15H28N2O. The minimum absolute atomic E-state index is 0.762. The molecule has 0 amide bonds. The molecule has 1 atom stereocenters. The smallest absolute Gasteiger partial charge is 0.129 e. The lowest BCUT2D eigenvalue weighted by atomic mass is 10.0. The lowest BCUT2D eigenvalue weighted by molar-refractivity contribution is 0.101. The Bertz CT molecular complexity index is 259. The van der Waals surface area contributed by atoms with Crippen LogP contribution in [-0.4, -0.2) is 36.9 Å². The van der Waals surface area contributed by atoms with E-state index in [-0.39, 0.29) is 0 Å². The second kappa shape index (κ2) is 7.78. The van der Waals surface area contributed by atoms with Gasteiger partial charge in [-0.1, -0.05) is 31.3 Å². The van der Waals surface area contributed by atoms with Crippen LogP contribution in [-0.2, 0) is 4.84 Å². The summed E-state index contributed by atoms with van der Waals surface area (Å²) in [7, 11) is 0. The van der Waals surface area contributed by atoms with Crippen molar-refractivity contribution in [2.45, 2.75) is 58.3 Å². The highest BCUT2D eigenvalue weighted by molar-refractivity contribution is 5.84. The maximum Gasteiger partial charge on any atom is 0.129 e. The first-order valence-electron chi connectivity index (χ1n) is 7.74. The zero-order valence-electron chi connectivity index (χ0n) is 11.9. The molecule has 0 spiro atoms. The molecule has 104 valence electrons. The van der Waals surface area contributed by atoms with Gasteiger partial charge in [-0.3, -0.25) is 4.90 Å². The van der Waals surface area contributed by atoms with E-state index >= 15 is 0 Å². The molecular weight excluding hydrogens is 224 g/mol. The van der Waals surface area contributed by atoms with Gasteiger partial charge in [0.25, 0.3) is 0 Å². The second-order valence-corrected chi connectivity index (χ2v) is 5.95. The van der Waals surface area contributed by atoms with Gasteiger partial charge in [0.05, 0.1) is 5.71 Å². The third-order valence-corrected chi connectivity index (χ3v) is 4.14. The molecule has 1 unspecified atom stereocenters. The Balaban J connectivity index is 1.63. The number of oxime groups is 1. The lowest BCUT2D eigenvalue weighted by Crippen LogP contribution is -2.32. The van der Waals surface area contributed by atoms with Gasteiger partial charge in [-0.25, -0.2) is 0 Å². The molecule has 2 rings (SSSR count). The first-order valence-corrected chi connectivity index (χ1v) is 7.74. The topological polar surface area (TPSA) is 24.8 Å². The number of likely N-dealkylation sites (tertiary alicyclic amines) is 1. The molecule has 0 aromatic carbocycles. The van der Waals surface area contributed by atoms with Gasteiger partial charge < -0.3 is 4.84 Å². The zero-order chi connectivity index (χ0) is 12.6. The van der Waals surface area contributed by atoms with Gasteiger partial charge in [-0.05, 0) is 51.1 Å². The molecule has 1 aliphatic carbocycles. The first-order chi connectivity index (χ1) is 8.84. The van der Waals surface area contributed by atoms with Crippen LogP contribution in [0.3, 0.4) is 0 Å². The Kier molecular flexibility index (Phi) is 5.98. The van der Waals surface area contributed by atoms with Gasteiger partial charge in [0.1, 0.15) is 6.61 Å². The normalized spacial score (nSPS) is 29.2. The number of piperidine rings is 1. The standard InChI is InChI=1S/C15H28N2O/c1-14-7-3-4-8-15(13-14)16-18-12-11-17-9-5-2-6-10-17/h14H,2-13H2,1H3/b16-15+. The van der Waals surface area contributed by atoms with Crippen LogP contribution in [0.1, 0.15) is 58.3 Å². The van der Waals surface area contributed by atoms with Gasteiger partial charge >= 0.3 is 0 Å². The fourth-order valence-corrected chi connectivity index (χ4v) is 3.00. The Labute approximate surface area is 112 Å². The molecule has 2 fully saturated rings. The van der Waals surface area contributed by atoms with Crippen LogP contribution in [0.15, 0.2) is 5.16 Å².